The molecule has 118 valence electrons. The molecule has 0 bridgehead atoms. The fourth-order valence-electron chi connectivity index (χ4n) is 1.88. The molecule has 1 amide bonds. The van der Waals surface area contributed by atoms with Crippen LogP contribution in [0.5, 0.6) is 0 Å². The summed E-state index contributed by atoms with van der Waals surface area (Å²) in [5.41, 5.74) is 11.7. The van der Waals surface area contributed by atoms with Crippen LogP contribution in [0, 0.1) is 0 Å². The van der Waals surface area contributed by atoms with E-state index < -0.39 is 15.9 Å². The Morgan fingerprint density at radius 2 is 1.86 bits per heavy atom. The highest BCUT2D eigenvalue weighted by atomic mass is 32.2. The van der Waals surface area contributed by atoms with Gasteiger partial charge in [-0.3, -0.25) is 4.79 Å². The molecule has 4 N–H and O–H groups in total. The van der Waals surface area contributed by atoms with Gasteiger partial charge in [0.15, 0.2) is 0 Å². The number of sulfonamides is 1. The number of amides is 1. The summed E-state index contributed by atoms with van der Waals surface area (Å²) >= 11 is 0. The second kappa shape index (κ2) is 7.53. The molecule has 0 fully saturated rings. The van der Waals surface area contributed by atoms with Crippen molar-refractivity contribution in [2.75, 3.05) is 13.1 Å². The Balaban J connectivity index is 3.06. The average Bonchev–Trinajstić information content (AvgIpc) is 2.43. The summed E-state index contributed by atoms with van der Waals surface area (Å²) in [6, 6.07) is 6.21. The first-order chi connectivity index (χ1) is 9.78. The quantitative estimate of drug-likeness (QED) is 0.746. The predicted octanol–water partition coefficient (Wildman–Crippen LogP) is 0.982. The first-order valence-electron chi connectivity index (χ1n) is 6.93. The van der Waals surface area contributed by atoms with E-state index in [-0.39, 0.29) is 24.0 Å². The van der Waals surface area contributed by atoms with Gasteiger partial charge in [-0.05, 0) is 31.0 Å². The van der Waals surface area contributed by atoms with Crippen molar-refractivity contribution in [1.29, 1.82) is 0 Å². The standard InChI is InChI=1S/C14H23N3O3S/c1-3-4-9-17(10-14(16)18)21(19,20)13-7-5-12(6-8-13)11(2)15/h5-8,11H,3-4,9-10,15H2,1-2H3,(H2,16,18). The van der Waals surface area contributed by atoms with Gasteiger partial charge in [-0.2, -0.15) is 4.31 Å². The highest BCUT2D eigenvalue weighted by Crippen LogP contribution is 2.19. The van der Waals surface area contributed by atoms with E-state index >= 15 is 0 Å². The third kappa shape index (κ3) is 4.80. The molecule has 0 spiro atoms. The lowest BCUT2D eigenvalue weighted by atomic mass is 10.1. The van der Waals surface area contributed by atoms with Crippen LogP contribution in [0.25, 0.3) is 0 Å². The molecule has 0 saturated carbocycles. The molecule has 21 heavy (non-hydrogen) atoms. The minimum absolute atomic E-state index is 0.143. The highest BCUT2D eigenvalue weighted by Gasteiger charge is 2.25. The summed E-state index contributed by atoms with van der Waals surface area (Å²) in [5.74, 6) is -0.665. The van der Waals surface area contributed by atoms with E-state index in [9.17, 15) is 13.2 Å². The third-order valence-electron chi connectivity index (χ3n) is 3.14. The molecule has 7 heteroatoms. The zero-order valence-corrected chi connectivity index (χ0v) is 13.3. The van der Waals surface area contributed by atoms with Crippen LogP contribution in [0.15, 0.2) is 29.2 Å². The van der Waals surface area contributed by atoms with E-state index in [4.69, 9.17) is 11.5 Å². The summed E-state index contributed by atoms with van der Waals surface area (Å²) in [4.78, 5) is 11.2. The topological polar surface area (TPSA) is 106 Å². The minimum atomic E-state index is -3.72. The number of rotatable bonds is 8. The number of nitrogens with two attached hydrogens (primary N) is 2. The van der Waals surface area contributed by atoms with Crippen LogP contribution in [0.4, 0.5) is 0 Å². The van der Waals surface area contributed by atoms with Gasteiger partial charge in [0.2, 0.25) is 15.9 Å². The van der Waals surface area contributed by atoms with E-state index in [0.717, 1.165) is 16.3 Å². The van der Waals surface area contributed by atoms with E-state index in [2.05, 4.69) is 0 Å². The zero-order valence-electron chi connectivity index (χ0n) is 12.5. The molecule has 1 aromatic rings. The Kier molecular flexibility index (Phi) is 6.32. The molecular weight excluding hydrogens is 290 g/mol. The maximum atomic E-state index is 12.5. The van der Waals surface area contributed by atoms with Crippen molar-refractivity contribution in [2.45, 2.75) is 37.6 Å². The van der Waals surface area contributed by atoms with Crippen molar-refractivity contribution >= 4 is 15.9 Å². The van der Waals surface area contributed by atoms with E-state index in [0.29, 0.717) is 6.42 Å². The number of unbranched alkanes of at least 4 members (excludes halogenated alkanes) is 1. The summed E-state index contributed by atoms with van der Waals surface area (Å²) < 4.78 is 26.2. The van der Waals surface area contributed by atoms with Gasteiger partial charge < -0.3 is 11.5 Å². The predicted molar refractivity (Wildman–Crippen MR) is 81.9 cm³/mol. The summed E-state index contributed by atoms with van der Waals surface area (Å²) in [6.07, 6.45) is 1.50. The van der Waals surface area contributed by atoms with Crippen molar-refractivity contribution in [3.05, 3.63) is 29.8 Å². The maximum absolute atomic E-state index is 12.5. The molecule has 1 aromatic carbocycles. The molecule has 0 saturated heterocycles. The fourth-order valence-corrected chi connectivity index (χ4v) is 3.33. The molecule has 1 atom stereocenters. The van der Waals surface area contributed by atoms with E-state index in [1.807, 2.05) is 13.8 Å². The molecule has 1 unspecified atom stereocenters. The first kappa shape index (κ1) is 17.6. The lowest BCUT2D eigenvalue weighted by Crippen LogP contribution is -2.39. The van der Waals surface area contributed by atoms with Crippen LogP contribution in [0.3, 0.4) is 0 Å². The van der Waals surface area contributed by atoms with Gasteiger partial charge in [-0.25, -0.2) is 8.42 Å². The van der Waals surface area contributed by atoms with Crippen molar-refractivity contribution in [3.63, 3.8) is 0 Å². The molecule has 0 aliphatic rings. The minimum Gasteiger partial charge on any atom is -0.369 e. The van der Waals surface area contributed by atoms with Gasteiger partial charge in [0.05, 0.1) is 11.4 Å². The lowest BCUT2D eigenvalue weighted by Gasteiger charge is -2.20. The SMILES string of the molecule is CCCCN(CC(N)=O)S(=O)(=O)c1ccc(C(C)N)cc1. The Bertz CT molecular complexity index is 568. The van der Waals surface area contributed by atoms with Gasteiger partial charge >= 0.3 is 0 Å². The van der Waals surface area contributed by atoms with Gasteiger partial charge in [-0.15, -0.1) is 0 Å². The molecule has 0 heterocycles. The number of carbonyl (C=O) groups is 1. The van der Waals surface area contributed by atoms with E-state index in [1.54, 1.807) is 12.1 Å². The second-order valence-electron chi connectivity index (χ2n) is 5.02. The fraction of sp³-hybridized carbons (Fsp3) is 0.500. The van der Waals surface area contributed by atoms with E-state index in [1.165, 1.54) is 12.1 Å². The van der Waals surface area contributed by atoms with Crippen molar-refractivity contribution < 1.29 is 13.2 Å². The van der Waals surface area contributed by atoms with Crippen LogP contribution >= 0.6 is 0 Å². The summed E-state index contributed by atoms with van der Waals surface area (Å²) in [6.45, 7) is 3.74. The molecule has 0 aliphatic heterocycles. The number of carbonyl (C=O) groups excluding carboxylic acids is 1. The smallest absolute Gasteiger partial charge is 0.243 e. The lowest BCUT2D eigenvalue weighted by molar-refractivity contribution is -0.118. The Morgan fingerprint density at radius 3 is 2.29 bits per heavy atom. The summed E-state index contributed by atoms with van der Waals surface area (Å²) in [5, 5.41) is 0. The van der Waals surface area contributed by atoms with Crippen molar-refractivity contribution in [1.82, 2.24) is 4.31 Å². The number of hydrogen-bond donors (Lipinski definition) is 2. The molecule has 0 radical (unpaired) electrons. The third-order valence-corrected chi connectivity index (χ3v) is 5.00. The molecule has 0 aliphatic carbocycles. The van der Waals surface area contributed by atoms with Crippen LogP contribution in [0.2, 0.25) is 0 Å². The van der Waals surface area contributed by atoms with Gasteiger partial charge in [-0.1, -0.05) is 25.5 Å². The normalized spacial score (nSPS) is 13.3. The van der Waals surface area contributed by atoms with Crippen LogP contribution in [-0.4, -0.2) is 31.7 Å². The molecule has 0 aromatic heterocycles. The van der Waals surface area contributed by atoms with Crippen LogP contribution < -0.4 is 11.5 Å². The van der Waals surface area contributed by atoms with Crippen LogP contribution in [-0.2, 0) is 14.8 Å². The highest BCUT2D eigenvalue weighted by molar-refractivity contribution is 7.89. The molecule has 6 nitrogen and oxygen atoms in total. The first-order valence-corrected chi connectivity index (χ1v) is 8.37. The largest absolute Gasteiger partial charge is 0.369 e. The molecular formula is C14H23N3O3S. The van der Waals surface area contributed by atoms with Crippen molar-refractivity contribution in [2.24, 2.45) is 11.5 Å². The van der Waals surface area contributed by atoms with Crippen LogP contribution in [0.1, 0.15) is 38.3 Å². The Labute approximate surface area is 126 Å². The number of hydrogen-bond acceptors (Lipinski definition) is 4. The monoisotopic (exact) mass is 313 g/mol. The summed E-state index contributed by atoms with van der Waals surface area (Å²) in [7, 11) is -3.72. The van der Waals surface area contributed by atoms with Crippen molar-refractivity contribution in [3.8, 4) is 0 Å². The van der Waals surface area contributed by atoms with Gasteiger partial charge in [0, 0.05) is 12.6 Å². The number of primary amides is 1. The second-order valence-corrected chi connectivity index (χ2v) is 6.95. The molecule has 1 rings (SSSR count). The number of benzene rings is 1. The zero-order chi connectivity index (χ0) is 16.0. The van der Waals surface area contributed by atoms with Gasteiger partial charge in [0.1, 0.15) is 0 Å². The van der Waals surface area contributed by atoms with Gasteiger partial charge in [0.25, 0.3) is 0 Å². The number of nitrogens with zero attached hydrogens (tertiary/aromatic N) is 1. The Hall–Kier alpha value is -1.44. The average molecular weight is 313 g/mol. The maximum Gasteiger partial charge on any atom is 0.243 e. The Morgan fingerprint density at radius 1 is 1.29 bits per heavy atom.